The summed E-state index contributed by atoms with van der Waals surface area (Å²) in [6.07, 6.45) is 5.32. The van der Waals surface area contributed by atoms with E-state index in [0.29, 0.717) is 23.6 Å². The number of halogens is 1. The van der Waals surface area contributed by atoms with Gasteiger partial charge in [0, 0.05) is 44.7 Å². The van der Waals surface area contributed by atoms with Crippen LogP contribution in [0.2, 0.25) is 5.02 Å². The topological polar surface area (TPSA) is 70.5 Å². The van der Waals surface area contributed by atoms with Crippen molar-refractivity contribution in [2.75, 3.05) is 25.0 Å². The first-order chi connectivity index (χ1) is 13.9. The summed E-state index contributed by atoms with van der Waals surface area (Å²) in [7, 11) is 1.67. The Morgan fingerprint density at radius 1 is 1.28 bits per heavy atom. The third-order valence-electron chi connectivity index (χ3n) is 6.13. The van der Waals surface area contributed by atoms with Gasteiger partial charge in [0.2, 0.25) is 5.91 Å². The molecule has 1 saturated heterocycles. The average Bonchev–Trinajstić information content (AvgIpc) is 3.40. The molecule has 0 radical (unpaired) electrons. The lowest BCUT2D eigenvalue weighted by Gasteiger charge is -2.19. The molecule has 7 nitrogen and oxygen atoms in total. The normalized spacial score (nSPS) is 23.3. The second-order valence-corrected chi connectivity index (χ2v) is 8.54. The molecule has 1 aliphatic heterocycles. The van der Waals surface area contributed by atoms with E-state index in [1.165, 1.54) is 22.1 Å². The van der Waals surface area contributed by atoms with Crippen LogP contribution in [0.3, 0.4) is 0 Å². The second-order valence-electron chi connectivity index (χ2n) is 8.11. The number of hydrogen-bond donors (Lipinski definition) is 1. The maximum absolute atomic E-state index is 12.8. The molecule has 1 aromatic heterocycles. The van der Waals surface area contributed by atoms with Gasteiger partial charge in [-0.3, -0.25) is 4.79 Å². The summed E-state index contributed by atoms with van der Waals surface area (Å²) in [5.41, 5.74) is 1.81. The Labute approximate surface area is 175 Å². The summed E-state index contributed by atoms with van der Waals surface area (Å²) in [5, 5.41) is 8.55. The molecule has 1 N–H and O–H groups in total. The van der Waals surface area contributed by atoms with Crippen molar-refractivity contribution in [1.82, 2.24) is 20.0 Å². The predicted molar refractivity (Wildman–Crippen MR) is 112 cm³/mol. The van der Waals surface area contributed by atoms with E-state index < -0.39 is 0 Å². The van der Waals surface area contributed by atoms with E-state index in [1.54, 1.807) is 19.4 Å². The van der Waals surface area contributed by atoms with Crippen LogP contribution in [0.25, 0.3) is 0 Å². The van der Waals surface area contributed by atoms with Crippen LogP contribution >= 0.6 is 11.6 Å². The molecule has 2 heterocycles. The molecule has 1 aliphatic carbocycles. The van der Waals surface area contributed by atoms with Gasteiger partial charge in [-0.2, -0.15) is 9.78 Å². The van der Waals surface area contributed by atoms with Gasteiger partial charge in [-0.1, -0.05) is 23.7 Å². The smallest absolute Gasteiger partial charge is 0.322 e. The molecule has 2 aliphatic rings. The highest BCUT2D eigenvalue weighted by atomic mass is 35.5. The Morgan fingerprint density at radius 2 is 2.00 bits per heavy atom. The molecule has 2 unspecified atom stereocenters. The number of hydrogen-bond acceptors (Lipinski definition) is 4. The third kappa shape index (κ3) is 4.31. The molecule has 1 aromatic carbocycles. The Hall–Kier alpha value is -2.38. The molecular formula is C21H26ClN5O2. The summed E-state index contributed by atoms with van der Waals surface area (Å²) in [6, 6.07) is 8.29. The maximum Gasteiger partial charge on any atom is 0.344 e. The van der Waals surface area contributed by atoms with E-state index in [-0.39, 0.29) is 11.9 Å². The van der Waals surface area contributed by atoms with Gasteiger partial charge in [0.25, 0.3) is 0 Å². The van der Waals surface area contributed by atoms with Crippen molar-refractivity contribution in [2.24, 2.45) is 11.8 Å². The molecule has 1 saturated carbocycles. The van der Waals surface area contributed by atoms with E-state index in [4.69, 9.17) is 11.6 Å². The second kappa shape index (κ2) is 8.16. The zero-order chi connectivity index (χ0) is 20.5. The van der Waals surface area contributed by atoms with Crippen LogP contribution < -0.4 is 10.2 Å². The van der Waals surface area contributed by atoms with Crippen LogP contribution in [-0.4, -0.2) is 52.8 Å². The third-order valence-corrected chi connectivity index (χ3v) is 6.37. The predicted octanol–water partition coefficient (Wildman–Crippen LogP) is 2.99. The number of nitrogens with one attached hydrogen (secondary N) is 1. The van der Waals surface area contributed by atoms with Crippen LogP contribution in [-0.2, 0) is 11.3 Å². The van der Waals surface area contributed by atoms with Gasteiger partial charge in [-0.15, -0.1) is 0 Å². The lowest BCUT2D eigenvalue weighted by atomic mass is 10.0. The Bertz CT molecular complexity index is 900. The fraction of sp³-hybridized carbons (Fsp3) is 0.476. The zero-order valence-electron chi connectivity index (χ0n) is 16.7. The molecule has 0 bridgehead atoms. The van der Waals surface area contributed by atoms with E-state index in [0.717, 1.165) is 37.5 Å². The number of benzene rings is 1. The first kappa shape index (κ1) is 19.9. The van der Waals surface area contributed by atoms with E-state index in [1.807, 2.05) is 23.1 Å². The van der Waals surface area contributed by atoms with Gasteiger partial charge in [0.05, 0.1) is 18.1 Å². The van der Waals surface area contributed by atoms with Crippen LogP contribution in [0.15, 0.2) is 36.7 Å². The number of fused-ring (bicyclic) bond motifs is 1. The largest absolute Gasteiger partial charge is 0.344 e. The molecular weight excluding hydrogens is 390 g/mol. The summed E-state index contributed by atoms with van der Waals surface area (Å²) in [5.74, 6) is 0.945. The Balaban J connectivity index is 1.30. The average molecular weight is 416 g/mol. The molecule has 154 valence electrons. The number of carbonyl (C=O) groups excluding carboxylic acids is 2. The quantitative estimate of drug-likeness (QED) is 0.833. The molecule has 2 amide bonds. The number of aromatic nitrogens is 2. The van der Waals surface area contributed by atoms with E-state index >= 15 is 0 Å². The lowest BCUT2D eigenvalue weighted by Crippen LogP contribution is -2.35. The van der Waals surface area contributed by atoms with Crippen molar-refractivity contribution < 1.29 is 9.59 Å². The summed E-state index contributed by atoms with van der Waals surface area (Å²) in [4.78, 5) is 27.6. The Morgan fingerprint density at radius 3 is 2.66 bits per heavy atom. The van der Waals surface area contributed by atoms with Crippen LogP contribution in [0.5, 0.6) is 0 Å². The molecule has 2 aromatic rings. The van der Waals surface area contributed by atoms with Gasteiger partial charge >= 0.3 is 6.03 Å². The number of likely N-dealkylation sites (tertiary alicyclic amines) is 1. The number of rotatable bonds is 4. The van der Waals surface area contributed by atoms with Gasteiger partial charge in [-0.25, -0.2) is 4.79 Å². The number of anilines is 1. The first-order valence-corrected chi connectivity index (χ1v) is 10.3. The van der Waals surface area contributed by atoms with Gasteiger partial charge in [0.1, 0.15) is 0 Å². The summed E-state index contributed by atoms with van der Waals surface area (Å²) < 4.78 is 1.34. The molecule has 4 rings (SSSR count). The van der Waals surface area contributed by atoms with Gasteiger partial charge in [-0.05, 0) is 42.4 Å². The van der Waals surface area contributed by atoms with E-state index in [2.05, 4.69) is 16.5 Å². The molecule has 8 heteroatoms. The number of amides is 2. The standard InChI is InChI=1S/C21H26ClN5O2/c1-14(28)25(2)20-10-24-27(13-20)21(29)26-11-16-7-19(8-17(16)12-26)23-9-15-4-3-5-18(22)6-15/h3-6,10,13,16-17,19,23H,7-9,11-12H2,1-2H3/t16-,17?,19?/m0/s1. The minimum atomic E-state index is -0.119. The number of nitrogens with zero attached hydrogens (tertiary/aromatic N) is 4. The highest BCUT2D eigenvalue weighted by molar-refractivity contribution is 6.30. The fourth-order valence-corrected chi connectivity index (χ4v) is 4.66. The van der Waals surface area contributed by atoms with Crippen molar-refractivity contribution in [3.8, 4) is 0 Å². The fourth-order valence-electron chi connectivity index (χ4n) is 4.45. The van der Waals surface area contributed by atoms with Gasteiger partial charge in [0.15, 0.2) is 0 Å². The van der Waals surface area contributed by atoms with Crippen molar-refractivity contribution in [1.29, 1.82) is 0 Å². The first-order valence-electron chi connectivity index (χ1n) is 9.97. The number of carbonyl (C=O) groups is 2. The Kier molecular flexibility index (Phi) is 5.61. The summed E-state index contributed by atoms with van der Waals surface area (Å²) in [6.45, 7) is 3.82. The highest BCUT2D eigenvalue weighted by Gasteiger charge is 2.42. The van der Waals surface area contributed by atoms with E-state index in [9.17, 15) is 9.59 Å². The maximum atomic E-state index is 12.8. The zero-order valence-corrected chi connectivity index (χ0v) is 17.5. The molecule has 0 spiro atoms. The molecule has 29 heavy (non-hydrogen) atoms. The monoisotopic (exact) mass is 415 g/mol. The SMILES string of the molecule is CC(=O)N(C)c1cnn(C(=O)N2CC3CC(NCc4cccc(Cl)c4)C[C@H]3C2)c1. The minimum Gasteiger partial charge on any atom is -0.322 e. The molecule has 3 atom stereocenters. The van der Waals surface area contributed by atoms with Crippen molar-refractivity contribution in [2.45, 2.75) is 32.4 Å². The van der Waals surface area contributed by atoms with Crippen molar-refractivity contribution in [3.05, 3.63) is 47.2 Å². The van der Waals surface area contributed by atoms with Crippen molar-refractivity contribution in [3.63, 3.8) is 0 Å². The van der Waals surface area contributed by atoms with Gasteiger partial charge < -0.3 is 15.1 Å². The molecule has 2 fully saturated rings. The summed E-state index contributed by atoms with van der Waals surface area (Å²) >= 11 is 6.06. The van der Waals surface area contributed by atoms with Crippen LogP contribution in [0.1, 0.15) is 25.3 Å². The minimum absolute atomic E-state index is 0.0935. The lowest BCUT2D eigenvalue weighted by molar-refractivity contribution is -0.116. The highest BCUT2D eigenvalue weighted by Crippen LogP contribution is 2.38. The van der Waals surface area contributed by atoms with Crippen LogP contribution in [0, 0.1) is 11.8 Å². The van der Waals surface area contributed by atoms with Crippen LogP contribution in [0.4, 0.5) is 10.5 Å². The van der Waals surface area contributed by atoms with Crippen molar-refractivity contribution >= 4 is 29.2 Å².